The van der Waals surface area contributed by atoms with Crippen LogP contribution < -0.4 is 4.72 Å². The van der Waals surface area contributed by atoms with Gasteiger partial charge in [-0.2, -0.15) is 0 Å². The first kappa shape index (κ1) is 13.0. The van der Waals surface area contributed by atoms with E-state index < -0.39 is 10.0 Å². The fraction of sp³-hybridized carbons (Fsp3) is 0.455. The van der Waals surface area contributed by atoms with Crippen molar-refractivity contribution in [3.63, 3.8) is 0 Å². The second-order valence-corrected chi connectivity index (χ2v) is 6.90. The van der Waals surface area contributed by atoms with Crippen LogP contribution in [0.4, 0.5) is 0 Å². The Morgan fingerprint density at radius 1 is 1.53 bits per heavy atom. The largest absolute Gasteiger partial charge is 0.392 e. The molecule has 2 atom stereocenters. The van der Waals surface area contributed by atoms with Gasteiger partial charge in [-0.1, -0.05) is 13.0 Å². The smallest absolute Gasteiger partial charge is 0.241 e. The zero-order chi connectivity index (χ0) is 12.6. The van der Waals surface area contributed by atoms with E-state index in [1.807, 2.05) is 6.92 Å². The van der Waals surface area contributed by atoms with Gasteiger partial charge in [0.2, 0.25) is 10.0 Å². The predicted molar refractivity (Wildman–Crippen MR) is 68.0 cm³/mol. The van der Waals surface area contributed by atoms with E-state index in [-0.39, 0.29) is 17.5 Å². The molecule has 0 amide bonds. The Morgan fingerprint density at radius 3 is 2.65 bits per heavy atom. The maximum Gasteiger partial charge on any atom is 0.241 e. The van der Waals surface area contributed by atoms with Crippen molar-refractivity contribution in [2.24, 2.45) is 5.92 Å². The minimum atomic E-state index is -3.46. The highest BCUT2D eigenvalue weighted by molar-refractivity contribution is 9.10. The van der Waals surface area contributed by atoms with Crippen LogP contribution in [0.1, 0.15) is 18.9 Å². The van der Waals surface area contributed by atoms with Crippen molar-refractivity contribution in [1.29, 1.82) is 0 Å². The maximum atomic E-state index is 12.0. The highest BCUT2D eigenvalue weighted by Crippen LogP contribution is 2.32. The molecule has 1 aromatic rings. The van der Waals surface area contributed by atoms with Gasteiger partial charge in [-0.3, -0.25) is 0 Å². The Bertz CT molecular complexity index is 530. The van der Waals surface area contributed by atoms with Crippen molar-refractivity contribution in [3.8, 4) is 0 Å². The van der Waals surface area contributed by atoms with Crippen molar-refractivity contribution in [2.75, 3.05) is 0 Å². The Kier molecular flexibility index (Phi) is 3.58. The van der Waals surface area contributed by atoms with Gasteiger partial charge in [0, 0.05) is 10.5 Å². The van der Waals surface area contributed by atoms with Gasteiger partial charge < -0.3 is 5.11 Å². The second kappa shape index (κ2) is 4.68. The highest BCUT2D eigenvalue weighted by Gasteiger charge is 2.36. The molecule has 0 spiro atoms. The van der Waals surface area contributed by atoms with Crippen molar-refractivity contribution in [3.05, 3.63) is 28.2 Å². The lowest BCUT2D eigenvalue weighted by Crippen LogP contribution is -2.27. The third kappa shape index (κ3) is 2.88. The molecule has 2 N–H and O–H groups in total. The zero-order valence-electron chi connectivity index (χ0n) is 9.35. The summed E-state index contributed by atoms with van der Waals surface area (Å²) in [7, 11) is -3.46. The van der Waals surface area contributed by atoms with E-state index in [1.54, 1.807) is 12.1 Å². The van der Waals surface area contributed by atoms with Crippen LogP contribution in [0.25, 0.3) is 0 Å². The molecular formula is C11H14BrNO3S. The van der Waals surface area contributed by atoms with E-state index >= 15 is 0 Å². The third-order valence-corrected chi connectivity index (χ3v) is 5.35. The van der Waals surface area contributed by atoms with E-state index in [4.69, 9.17) is 5.11 Å². The molecule has 2 rings (SSSR count). The minimum absolute atomic E-state index is 0.0596. The number of rotatable bonds is 4. The van der Waals surface area contributed by atoms with Crippen LogP contribution in [-0.2, 0) is 16.6 Å². The van der Waals surface area contributed by atoms with E-state index in [1.165, 1.54) is 6.07 Å². The monoisotopic (exact) mass is 319 g/mol. The number of hydrogen-bond donors (Lipinski definition) is 2. The Labute approximate surface area is 109 Å². The van der Waals surface area contributed by atoms with Gasteiger partial charge in [-0.15, -0.1) is 0 Å². The standard InChI is InChI=1S/C11H14BrNO3S/c1-7-4-10(7)13-17(15,16)11-3-2-8(6-14)5-9(11)12/h2-3,5,7,10,13-14H,4,6H2,1H3. The average molecular weight is 320 g/mol. The Morgan fingerprint density at radius 2 is 2.18 bits per heavy atom. The van der Waals surface area contributed by atoms with Crippen molar-refractivity contribution in [1.82, 2.24) is 4.72 Å². The van der Waals surface area contributed by atoms with Gasteiger partial charge in [0.1, 0.15) is 0 Å². The van der Waals surface area contributed by atoms with Crippen LogP contribution in [0.5, 0.6) is 0 Å². The summed E-state index contributed by atoms with van der Waals surface area (Å²) in [6.07, 6.45) is 0.894. The summed E-state index contributed by atoms with van der Waals surface area (Å²) >= 11 is 3.22. The molecule has 94 valence electrons. The third-order valence-electron chi connectivity index (χ3n) is 2.88. The topological polar surface area (TPSA) is 66.4 Å². The number of benzene rings is 1. The molecule has 0 bridgehead atoms. The predicted octanol–water partition coefficient (Wildman–Crippen LogP) is 1.63. The quantitative estimate of drug-likeness (QED) is 0.886. The molecule has 2 unspecified atom stereocenters. The molecule has 1 aliphatic rings. The number of sulfonamides is 1. The normalized spacial score (nSPS) is 23.7. The van der Waals surface area contributed by atoms with Crippen LogP contribution >= 0.6 is 15.9 Å². The van der Waals surface area contributed by atoms with E-state index in [0.717, 1.165) is 6.42 Å². The molecule has 0 saturated heterocycles. The molecule has 17 heavy (non-hydrogen) atoms. The van der Waals surface area contributed by atoms with Crippen molar-refractivity contribution >= 4 is 26.0 Å². The van der Waals surface area contributed by atoms with Gasteiger partial charge in [0.25, 0.3) is 0 Å². The summed E-state index contributed by atoms with van der Waals surface area (Å²) in [6.45, 7) is 1.91. The molecule has 1 saturated carbocycles. The van der Waals surface area contributed by atoms with Crippen LogP contribution in [0.15, 0.2) is 27.6 Å². The lowest BCUT2D eigenvalue weighted by atomic mass is 10.2. The van der Waals surface area contributed by atoms with Crippen LogP contribution in [-0.4, -0.2) is 19.6 Å². The van der Waals surface area contributed by atoms with Crippen LogP contribution in [0.3, 0.4) is 0 Å². The molecule has 4 nitrogen and oxygen atoms in total. The van der Waals surface area contributed by atoms with Gasteiger partial charge in [-0.05, 0) is 46.0 Å². The molecular weight excluding hydrogens is 306 g/mol. The number of hydrogen-bond acceptors (Lipinski definition) is 3. The number of aliphatic hydroxyl groups is 1. The lowest BCUT2D eigenvalue weighted by Gasteiger charge is -2.08. The fourth-order valence-electron chi connectivity index (χ4n) is 1.61. The first-order valence-electron chi connectivity index (χ1n) is 5.35. The molecule has 1 aromatic carbocycles. The van der Waals surface area contributed by atoms with E-state index in [0.29, 0.717) is 16.0 Å². The molecule has 0 heterocycles. The van der Waals surface area contributed by atoms with Gasteiger partial charge in [-0.25, -0.2) is 13.1 Å². The van der Waals surface area contributed by atoms with Gasteiger partial charge in [0.05, 0.1) is 11.5 Å². The van der Waals surface area contributed by atoms with Gasteiger partial charge in [0.15, 0.2) is 0 Å². The Balaban J connectivity index is 2.26. The second-order valence-electron chi connectivity index (χ2n) is 4.36. The Hall–Kier alpha value is -0.430. The van der Waals surface area contributed by atoms with Crippen molar-refractivity contribution in [2.45, 2.75) is 30.9 Å². The van der Waals surface area contributed by atoms with Crippen LogP contribution in [0.2, 0.25) is 0 Å². The summed E-state index contributed by atoms with van der Waals surface area (Å²) < 4.78 is 27.2. The molecule has 6 heteroatoms. The van der Waals surface area contributed by atoms with Crippen LogP contribution in [0, 0.1) is 5.92 Å². The van der Waals surface area contributed by atoms with Crippen molar-refractivity contribution < 1.29 is 13.5 Å². The lowest BCUT2D eigenvalue weighted by molar-refractivity contribution is 0.281. The summed E-state index contributed by atoms with van der Waals surface area (Å²) in [5.41, 5.74) is 0.676. The average Bonchev–Trinajstić information content (AvgIpc) is 2.92. The molecule has 0 aromatic heterocycles. The summed E-state index contributed by atoms with van der Waals surface area (Å²) in [6, 6.07) is 4.79. The first-order valence-corrected chi connectivity index (χ1v) is 7.63. The molecule has 0 aliphatic heterocycles. The number of nitrogens with one attached hydrogen (secondary N) is 1. The maximum absolute atomic E-state index is 12.0. The van der Waals surface area contributed by atoms with E-state index in [2.05, 4.69) is 20.7 Å². The van der Waals surface area contributed by atoms with E-state index in [9.17, 15) is 8.42 Å². The SMILES string of the molecule is CC1CC1NS(=O)(=O)c1ccc(CO)cc1Br. The first-order chi connectivity index (χ1) is 7.94. The minimum Gasteiger partial charge on any atom is -0.392 e. The summed E-state index contributed by atoms with van der Waals surface area (Å²) in [5, 5.41) is 8.96. The summed E-state index contributed by atoms with van der Waals surface area (Å²) in [5.74, 6) is 0.417. The summed E-state index contributed by atoms with van der Waals surface area (Å²) in [4.78, 5) is 0.216. The molecule has 0 radical (unpaired) electrons. The number of aliphatic hydroxyl groups excluding tert-OH is 1. The molecule has 1 aliphatic carbocycles. The number of halogens is 1. The molecule has 1 fully saturated rings. The fourth-order valence-corrected chi connectivity index (χ4v) is 4.09. The zero-order valence-corrected chi connectivity index (χ0v) is 11.8. The highest BCUT2D eigenvalue weighted by atomic mass is 79.9. The van der Waals surface area contributed by atoms with Gasteiger partial charge >= 0.3 is 0 Å².